The van der Waals surface area contributed by atoms with Crippen molar-refractivity contribution in [1.82, 2.24) is 25.2 Å². The summed E-state index contributed by atoms with van der Waals surface area (Å²) in [5, 5.41) is 9.99. The van der Waals surface area contributed by atoms with E-state index in [4.69, 9.17) is 9.72 Å². The van der Waals surface area contributed by atoms with Crippen LogP contribution in [0.4, 0.5) is 16.6 Å². The number of fused-ring (bicyclic) bond motifs is 1. The molecule has 0 aliphatic rings. The van der Waals surface area contributed by atoms with Crippen LogP contribution in [0.1, 0.15) is 59.9 Å². The monoisotopic (exact) mass is 521 g/mol. The number of rotatable bonds is 12. The summed E-state index contributed by atoms with van der Waals surface area (Å²) in [7, 11) is 1.65. The molecule has 0 saturated heterocycles. The first-order valence-electron chi connectivity index (χ1n) is 13.6. The molecular formula is C29H43N7O2. The van der Waals surface area contributed by atoms with Gasteiger partial charge >= 0.3 is 6.03 Å². The number of carbonyl (C=O) groups excluding carboxylic acids is 1. The van der Waals surface area contributed by atoms with E-state index < -0.39 is 5.54 Å². The van der Waals surface area contributed by atoms with E-state index in [0.717, 1.165) is 73.3 Å². The second-order valence-electron chi connectivity index (χ2n) is 10.4. The normalized spacial score (nSPS) is 11.6. The van der Waals surface area contributed by atoms with Gasteiger partial charge in [0.2, 0.25) is 5.95 Å². The summed E-state index contributed by atoms with van der Waals surface area (Å²) in [6.45, 7) is 16.3. The van der Waals surface area contributed by atoms with Crippen molar-refractivity contribution in [3.63, 3.8) is 0 Å². The van der Waals surface area contributed by atoms with Gasteiger partial charge in [-0.2, -0.15) is 4.98 Å². The Morgan fingerprint density at radius 1 is 1.03 bits per heavy atom. The molecule has 0 atom stereocenters. The number of hydrogen-bond donors (Lipinski definition) is 3. The molecule has 0 unspecified atom stereocenters. The summed E-state index contributed by atoms with van der Waals surface area (Å²) in [5.74, 6) is 1.71. The zero-order valence-electron chi connectivity index (χ0n) is 23.9. The van der Waals surface area contributed by atoms with Crippen molar-refractivity contribution < 1.29 is 9.53 Å². The lowest BCUT2D eigenvalue weighted by atomic mass is 10.0. The first-order valence-corrected chi connectivity index (χ1v) is 13.6. The highest BCUT2D eigenvalue weighted by molar-refractivity contribution is 5.96. The molecule has 2 amide bonds. The Balaban J connectivity index is 1.90. The van der Waals surface area contributed by atoms with E-state index in [1.165, 1.54) is 0 Å². The minimum atomic E-state index is -0.392. The number of aromatic nitrogens is 3. The molecule has 0 bridgehead atoms. The summed E-state index contributed by atoms with van der Waals surface area (Å²) >= 11 is 0. The lowest BCUT2D eigenvalue weighted by Gasteiger charge is -2.21. The zero-order chi connectivity index (χ0) is 27.7. The maximum Gasteiger partial charge on any atom is 0.320 e. The van der Waals surface area contributed by atoms with E-state index in [2.05, 4.69) is 57.7 Å². The van der Waals surface area contributed by atoms with E-state index >= 15 is 0 Å². The Kier molecular flexibility index (Phi) is 10.2. The molecule has 3 rings (SSSR count). The molecule has 206 valence electrons. The molecule has 2 aromatic heterocycles. The van der Waals surface area contributed by atoms with Gasteiger partial charge in [-0.3, -0.25) is 5.32 Å². The van der Waals surface area contributed by atoms with Crippen molar-refractivity contribution in [1.29, 1.82) is 0 Å². The number of carbonyl (C=O) groups is 1. The van der Waals surface area contributed by atoms with Gasteiger partial charge in [0.15, 0.2) is 5.65 Å². The fraction of sp³-hybridized carbons (Fsp3) is 0.517. The summed E-state index contributed by atoms with van der Waals surface area (Å²) in [6, 6.07) is 7.69. The number of nitrogens with one attached hydrogen (secondary N) is 3. The van der Waals surface area contributed by atoms with Crippen molar-refractivity contribution in [2.24, 2.45) is 0 Å². The summed E-state index contributed by atoms with van der Waals surface area (Å²) in [6.07, 6.45) is 4.77. The van der Waals surface area contributed by atoms with Gasteiger partial charge < -0.3 is 20.3 Å². The highest BCUT2D eigenvalue weighted by Gasteiger charge is 2.18. The fourth-order valence-electron chi connectivity index (χ4n) is 4.18. The van der Waals surface area contributed by atoms with Gasteiger partial charge in [-0.05, 0) is 89.0 Å². The second-order valence-corrected chi connectivity index (χ2v) is 10.4. The highest BCUT2D eigenvalue weighted by atomic mass is 16.5. The van der Waals surface area contributed by atoms with Gasteiger partial charge in [0.25, 0.3) is 0 Å². The second kappa shape index (κ2) is 13.4. The van der Waals surface area contributed by atoms with Crippen LogP contribution in [0.5, 0.6) is 5.75 Å². The van der Waals surface area contributed by atoms with Gasteiger partial charge in [-0.15, -0.1) is 0 Å². The molecule has 0 radical (unpaired) electrons. The minimum Gasteiger partial charge on any atom is -0.497 e. The number of benzene rings is 1. The molecule has 3 N–H and O–H groups in total. The Morgan fingerprint density at radius 3 is 2.45 bits per heavy atom. The predicted molar refractivity (Wildman–Crippen MR) is 156 cm³/mol. The molecule has 0 saturated carbocycles. The maximum absolute atomic E-state index is 12.8. The number of ether oxygens (including phenoxy) is 1. The smallest absolute Gasteiger partial charge is 0.320 e. The third-order valence-electron chi connectivity index (χ3n) is 6.29. The SMILES string of the molecule is CCc1cc(OC)cc(-c2cc3cnc(NCCCCN(CC)CC)nc3nc2NC(=O)NC(C)(C)C)c1. The van der Waals surface area contributed by atoms with Crippen molar-refractivity contribution in [2.75, 3.05) is 43.9 Å². The highest BCUT2D eigenvalue weighted by Crippen LogP contribution is 2.33. The van der Waals surface area contributed by atoms with Gasteiger partial charge in [0.1, 0.15) is 11.6 Å². The van der Waals surface area contributed by atoms with E-state index in [1.54, 1.807) is 13.3 Å². The minimum absolute atomic E-state index is 0.329. The van der Waals surface area contributed by atoms with E-state index in [-0.39, 0.29) is 6.03 Å². The quantitative estimate of drug-likeness (QED) is 0.262. The molecule has 38 heavy (non-hydrogen) atoms. The molecule has 2 heterocycles. The first-order chi connectivity index (χ1) is 18.1. The number of hydrogen-bond acceptors (Lipinski definition) is 7. The van der Waals surface area contributed by atoms with Gasteiger partial charge in [0.05, 0.1) is 7.11 Å². The Labute approximate surface area is 226 Å². The van der Waals surface area contributed by atoms with Crippen LogP contribution in [-0.2, 0) is 6.42 Å². The van der Waals surface area contributed by atoms with Crippen LogP contribution in [0, 0.1) is 0 Å². The Hall–Kier alpha value is -3.46. The molecule has 0 aliphatic carbocycles. The molecule has 9 heteroatoms. The van der Waals surface area contributed by atoms with Crippen LogP contribution in [0.25, 0.3) is 22.2 Å². The van der Waals surface area contributed by atoms with Crippen LogP contribution in [0.2, 0.25) is 0 Å². The molecule has 0 aliphatic heterocycles. The van der Waals surface area contributed by atoms with E-state index in [0.29, 0.717) is 17.4 Å². The Bertz CT molecular complexity index is 1200. The van der Waals surface area contributed by atoms with Gasteiger partial charge in [-0.25, -0.2) is 14.8 Å². The molecule has 9 nitrogen and oxygen atoms in total. The number of nitrogens with zero attached hydrogens (tertiary/aromatic N) is 4. The van der Waals surface area contributed by atoms with Gasteiger partial charge in [0, 0.05) is 29.2 Å². The summed E-state index contributed by atoms with van der Waals surface area (Å²) < 4.78 is 5.53. The van der Waals surface area contributed by atoms with Crippen molar-refractivity contribution >= 4 is 28.8 Å². The number of methoxy groups -OCH3 is 1. The lowest BCUT2D eigenvalue weighted by Crippen LogP contribution is -2.43. The van der Waals surface area contributed by atoms with Crippen LogP contribution in [0.3, 0.4) is 0 Å². The number of urea groups is 1. The Morgan fingerprint density at radius 2 is 1.79 bits per heavy atom. The predicted octanol–water partition coefficient (Wildman–Crippen LogP) is 5.72. The lowest BCUT2D eigenvalue weighted by molar-refractivity contribution is 0.243. The standard InChI is InChI=1S/C29H43N7O2/c1-8-20-15-21(17-23(16-20)38-7)24-18-22-19-31-27(30-13-11-12-14-36(9-2)10-3)33-25(22)32-26(24)34-28(37)35-29(4,5)6/h15-19H,8-14H2,1-7H3,(H3,30,31,32,33,34,35,37). The number of amides is 2. The first kappa shape index (κ1) is 29.1. The van der Waals surface area contributed by atoms with Crippen LogP contribution < -0.4 is 20.7 Å². The van der Waals surface area contributed by atoms with Gasteiger partial charge in [-0.1, -0.05) is 26.8 Å². The van der Waals surface area contributed by atoms with Crippen molar-refractivity contribution in [3.8, 4) is 16.9 Å². The maximum atomic E-state index is 12.8. The number of unbranched alkanes of at least 4 members (excludes halogenated alkanes) is 1. The average molecular weight is 522 g/mol. The molecule has 1 aromatic carbocycles. The zero-order valence-corrected chi connectivity index (χ0v) is 23.9. The molecular weight excluding hydrogens is 478 g/mol. The summed E-state index contributed by atoms with van der Waals surface area (Å²) in [4.78, 5) is 29.2. The third-order valence-corrected chi connectivity index (χ3v) is 6.29. The number of aryl methyl sites for hydroxylation is 1. The third kappa shape index (κ3) is 8.28. The van der Waals surface area contributed by atoms with Crippen molar-refractivity contribution in [2.45, 2.75) is 66.3 Å². The van der Waals surface area contributed by atoms with Crippen LogP contribution in [0.15, 0.2) is 30.5 Å². The average Bonchev–Trinajstić information content (AvgIpc) is 2.88. The topological polar surface area (TPSA) is 104 Å². The van der Waals surface area contributed by atoms with Crippen molar-refractivity contribution in [3.05, 3.63) is 36.0 Å². The van der Waals surface area contributed by atoms with Crippen LogP contribution >= 0.6 is 0 Å². The van der Waals surface area contributed by atoms with E-state index in [1.807, 2.05) is 39.0 Å². The number of anilines is 2. The molecule has 0 spiro atoms. The molecule has 3 aromatic rings. The fourth-order valence-corrected chi connectivity index (χ4v) is 4.18. The van der Waals surface area contributed by atoms with Crippen LogP contribution in [-0.4, -0.2) is 64.7 Å². The summed E-state index contributed by atoms with van der Waals surface area (Å²) in [5.41, 5.74) is 2.92. The molecule has 0 fully saturated rings. The van der Waals surface area contributed by atoms with E-state index in [9.17, 15) is 4.79 Å². The number of pyridine rings is 1. The largest absolute Gasteiger partial charge is 0.497 e.